The van der Waals surface area contributed by atoms with Crippen LogP contribution in [0.15, 0.2) is 41.3 Å². The van der Waals surface area contributed by atoms with Gasteiger partial charge in [0.05, 0.1) is 4.92 Å². The van der Waals surface area contributed by atoms with Gasteiger partial charge in [-0.15, -0.1) is 0 Å². The number of fused-ring (bicyclic) bond motifs is 3. The minimum atomic E-state index is -3.72. The lowest BCUT2D eigenvalue weighted by molar-refractivity contribution is -0.387. The summed E-state index contributed by atoms with van der Waals surface area (Å²) in [5, 5.41) is 12.9. The number of nitrogens with one attached hydrogen (secondary N) is 1. The molecule has 0 saturated carbocycles. The van der Waals surface area contributed by atoms with Crippen LogP contribution in [0.4, 0.5) is 11.4 Å². The number of sulfone groups is 1. The van der Waals surface area contributed by atoms with Crippen molar-refractivity contribution in [2.75, 3.05) is 17.7 Å². The Morgan fingerprint density at radius 2 is 2.00 bits per heavy atom. The first-order valence-corrected chi connectivity index (χ1v) is 10.5. The molecule has 9 heteroatoms. The lowest BCUT2D eigenvalue weighted by Gasteiger charge is -2.29. The van der Waals surface area contributed by atoms with E-state index in [1.807, 2.05) is 23.1 Å². The highest BCUT2D eigenvalue weighted by Gasteiger charge is 2.26. The van der Waals surface area contributed by atoms with E-state index in [0.717, 1.165) is 34.8 Å². The van der Waals surface area contributed by atoms with E-state index in [1.165, 1.54) is 12.1 Å². The molecule has 0 amide bonds. The van der Waals surface area contributed by atoms with Gasteiger partial charge in [0.15, 0.2) is 9.84 Å². The van der Waals surface area contributed by atoms with Crippen LogP contribution in [-0.4, -0.2) is 31.1 Å². The maximum Gasteiger partial charge on any atom is 0.288 e. The number of nitrogens with zero attached hydrogens (tertiary/aromatic N) is 2. The van der Waals surface area contributed by atoms with Crippen LogP contribution in [0.25, 0.3) is 10.9 Å². The minimum Gasteiger partial charge on any atom is -0.367 e. The molecule has 0 saturated heterocycles. The predicted octanol–water partition coefficient (Wildman–Crippen LogP) is 3.70. The van der Waals surface area contributed by atoms with E-state index in [2.05, 4.69) is 4.98 Å². The molecule has 7 nitrogen and oxygen atoms in total. The molecule has 1 aromatic heterocycles. The number of hydrogen-bond acceptors (Lipinski definition) is 5. The van der Waals surface area contributed by atoms with Gasteiger partial charge in [0, 0.05) is 64.7 Å². The summed E-state index contributed by atoms with van der Waals surface area (Å²) in [6.07, 6.45) is 1.74. The molecule has 140 valence electrons. The average Bonchev–Trinajstić information content (AvgIpc) is 2.97. The maximum atomic E-state index is 12.0. The fraction of sp³-hybridized carbons (Fsp3) is 0.222. The number of benzene rings is 2. The van der Waals surface area contributed by atoms with Gasteiger partial charge in [-0.1, -0.05) is 11.6 Å². The second-order valence-electron chi connectivity index (χ2n) is 6.62. The molecule has 0 unspecified atom stereocenters. The fourth-order valence-electron chi connectivity index (χ4n) is 3.55. The van der Waals surface area contributed by atoms with Gasteiger partial charge in [0.2, 0.25) is 0 Å². The molecule has 0 aliphatic carbocycles. The van der Waals surface area contributed by atoms with E-state index in [-0.39, 0.29) is 4.90 Å². The quantitative estimate of drug-likeness (QED) is 0.529. The lowest BCUT2D eigenvalue weighted by Crippen LogP contribution is -2.30. The Balaban J connectivity index is 1.77. The largest absolute Gasteiger partial charge is 0.367 e. The summed E-state index contributed by atoms with van der Waals surface area (Å²) in [5.41, 5.74) is 3.49. The lowest BCUT2D eigenvalue weighted by atomic mass is 10.0. The molecular weight excluding hydrogens is 390 g/mol. The Hall–Kier alpha value is -2.58. The van der Waals surface area contributed by atoms with Crippen molar-refractivity contribution in [3.05, 3.63) is 62.8 Å². The molecule has 0 fully saturated rings. The third-order valence-electron chi connectivity index (χ3n) is 4.84. The van der Waals surface area contributed by atoms with Crippen molar-refractivity contribution in [3.8, 4) is 0 Å². The molecule has 2 aromatic carbocycles. The maximum absolute atomic E-state index is 12.0. The third kappa shape index (κ3) is 3.15. The summed E-state index contributed by atoms with van der Waals surface area (Å²) >= 11 is 6.13. The zero-order valence-electron chi connectivity index (χ0n) is 14.4. The predicted molar refractivity (Wildman–Crippen MR) is 104 cm³/mol. The zero-order chi connectivity index (χ0) is 19.3. The first-order valence-electron chi connectivity index (χ1n) is 8.26. The Morgan fingerprint density at radius 1 is 1.22 bits per heavy atom. The van der Waals surface area contributed by atoms with Crippen LogP contribution in [0.1, 0.15) is 11.3 Å². The number of hydrogen-bond donors (Lipinski definition) is 1. The smallest absolute Gasteiger partial charge is 0.288 e. The fourth-order valence-corrected chi connectivity index (χ4v) is 4.58. The summed E-state index contributed by atoms with van der Waals surface area (Å²) in [5.74, 6) is 0. The van der Waals surface area contributed by atoms with Gasteiger partial charge in [-0.25, -0.2) is 8.42 Å². The first kappa shape index (κ1) is 17.8. The summed E-state index contributed by atoms with van der Waals surface area (Å²) < 4.78 is 24.0. The normalized spacial score (nSPS) is 14.4. The van der Waals surface area contributed by atoms with Crippen molar-refractivity contribution in [1.82, 2.24) is 4.98 Å². The van der Waals surface area contributed by atoms with E-state index < -0.39 is 20.4 Å². The monoisotopic (exact) mass is 405 g/mol. The summed E-state index contributed by atoms with van der Waals surface area (Å²) in [6.45, 7) is 1.24. The van der Waals surface area contributed by atoms with Crippen molar-refractivity contribution in [2.24, 2.45) is 0 Å². The molecule has 4 rings (SSSR count). The summed E-state index contributed by atoms with van der Waals surface area (Å²) in [6, 6.07) is 9.92. The minimum absolute atomic E-state index is 0.266. The van der Waals surface area contributed by atoms with Crippen LogP contribution in [-0.2, 0) is 22.8 Å². The molecule has 0 atom stereocenters. The van der Waals surface area contributed by atoms with Gasteiger partial charge in [-0.3, -0.25) is 10.1 Å². The third-order valence-corrected chi connectivity index (χ3v) is 6.20. The molecule has 3 aromatic rings. The van der Waals surface area contributed by atoms with Gasteiger partial charge in [0.25, 0.3) is 5.69 Å². The van der Waals surface area contributed by atoms with Gasteiger partial charge < -0.3 is 9.88 Å². The van der Waals surface area contributed by atoms with Crippen LogP contribution in [0, 0.1) is 10.1 Å². The summed E-state index contributed by atoms with van der Waals surface area (Å²) in [4.78, 5) is 15.7. The standard InChI is InChI=1S/C18H16ClN3O4S/c1-27(25,26)18-9-12(3-5-17(18)22(23)24)21-7-6-16-14(10-21)13-8-11(19)2-4-15(13)20-16/h2-5,8-9,20H,6-7,10H2,1H3. The number of aromatic amines is 1. The topological polar surface area (TPSA) is 96.3 Å². The van der Waals surface area contributed by atoms with E-state index in [0.29, 0.717) is 23.8 Å². The molecule has 1 N–H and O–H groups in total. The van der Waals surface area contributed by atoms with Gasteiger partial charge >= 0.3 is 0 Å². The van der Waals surface area contributed by atoms with Crippen molar-refractivity contribution in [1.29, 1.82) is 0 Å². The second-order valence-corrected chi connectivity index (χ2v) is 9.05. The highest BCUT2D eigenvalue weighted by molar-refractivity contribution is 7.90. The Bertz CT molecular complexity index is 1190. The molecule has 0 spiro atoms. The van der Waals surface area contributed by atoms with E-state index in [4.69, 9.17) is 11.6 Å². The van der Waals surface area contributed by atoms with E-state index in [9.17, 15) is 18.5 Å². The number of halogens is 1. The van der Waals surface area contributed by atoms with Gasteiger partial charge in [-0.2, -0.15) is 0 Å². The Kier molecular flexibility index (Phi) is 4.12. The number of nitro benzene ring substituents is 1. The molecule has 0 bridgehead atoms. The number of rotatable bonds is 3. The van der Waals surface area contributed by atoms with E-state index >= 15 is 0 Å². The van der Waals surface area contributed by atoms with Crippen molar-refractivity contribution >= 4 is 43.7 Å². The Morgan fingerprint density at radius 3 is 2.70 bits per heavy atom. The Labute approximate surface area is 160 Å². The SMILES string of the molecule is CS(=O)(=O)c1cc(N2CCc3[nH]c4ccc(Cl)cc4c3C2)ccc1[N+](=O)[O-]. The molecule has 27 heavy (non-hydrogen) atoms. The number of nitro groups is 1. The van der Waals surface area contributed by atoms with Crippen molar-refractivity contribution < 1.29 is 13.3 Å². The van der Waals surface area contributed by atoms with Crippen LogP contribution in [0.2, 0.25) is 5.02 Å². The number of H-pyrrole nitrogens is 1. The average molecular weight is 406 g/mol. The van der Waals surface area contributed by atoms with Crippen LogP contribution >= 0.6 is 11.6 Å². The number of anilines is 1. The second kappa shape index (κ2) is 6.24. The van der Waals surface area contributed by atoms with Gasteiger partial charge in [-0.05, 0) is 30.3 Å². The molecular formula is C18H16ClN3O4S. The highest BCUT2D eigenvalue weighted by Crippen LogP contribution is 2.34. The summed E-state index contributed by atoms with van der Waals surface area (Å²) in [7, 11) is -3.72. The number of aromatic nitrogens is 1. The molecule has 0 radical (unpaired) electrons. The highest BCUT2D eigenvalue weighted by atomic mass is 35.5. The van der Waals surface area contributed by atoms with Crippen molar-refractivity contribution in [3.63, 3.8) is 0 Å². The first-order chi connectivity index (χ1) is 12.7. The van der Waals surface area contributed by atoms with Crippen LogP contribution in [0.3, 0.4) is 0 Å². The van der Waals surface area contributed by atoms with E-state index in [1.54, 1.807) is 6.07 Å². The molecule has 1 aliphatic rings. The van der Waals surface area contributed by atoms with Gasteiger partial charge in [0.1, 0.15) is 4.90 Å². The molecule has 1 aliphatic heterocycles. The van der Waals surface area contributed by atoms with Crippen molar-refractivity contribution in [2.45, 2.75) is 17.9 Å². The van der Waals surface area contributed by atoms with Crippen LogP contribution in [0.5, 0.6) is 0 Å². The van der Waals surface area contributed by atoms with Crippen LogP contribution < -0.4 is 4.90 Å². The molecule has 2 heterocycles. The zero-order valence-corrected chi connectivity index (χ0v) is 16.0.